The quantitative estimate of drug-likeness (QED) is 0.161. The highest BCUT2D eigenvalue weighted by atomic mass is 19.4. The lowest BCUT2D eigenvalue weighted by Gasteiger charge is -2.19. The van der Waals surface area contributed by atoms with E-state index < -0.39 is 80.1 Å². The summed E-state index contributed by atoms with van der Waals surface area (Å²) in [6.07, 6.45) is -16.3. The van der Waals surface area contributed by atoms with Crippen LogP contribution in [0.4, 0.5) is 45.2 Å². The molecule has 0 saturated carbocycles. The average molecular weight is 559 g/mol. The minimum absolute atomic E-state index is 0.0476. The summed E-state index contributed by atoms with van der Waals surface area (Å²) in [5, 5.41) is 0.0782. The number of ketones is 2. The van der Waals surface area contributed by atoms with Crippen molar-refractivity contribution in [1.82, 2.24) is 9.97 Å². The number of Topliss-reactive ketones (excluding diaryl/α,β-unsaturated/α-hetero) is 2. The van der Waals surface area contributed by atoms with Gasteiger partial charge in [0.15, 0.2) is 11.5 Å². The van der Waals surface area contributed by atoms with Crippen molar-refractivity contribution in [2.45, 2.75) is 25.5 Å². The number of nitrogens with zero attached hydrogens (tertiary/aromatic N) is 2. The van der Waals surface area contributed by atoms with E-state index in [1.807, 2.05) is 0 Å². The standard InChI is InChI=1S/C25H14F9N3O2/c1-10-3-5-11(6-4-10)22-36-18-13(19(37-22)23(26,27)28)8-7-12-16(18)14(20(38)24(29,30)31)9-15(17(12)35-2)21(39)25(32,33)34/h3-9,35H,1-2H3. The number of halogens is 9. The molecule has 39 heavy (non-hydrogen) atoms. The molecule has 0 amide bonds. The average Bonchev–Trinajstić information content (AvgIpc) is 2.84. The molecular weight excluding hydrogens is 545 g/mol. The maximum absolute atomic E-state index is 14.1. The van der Waals surface area contributed by atoms with Crippen molar-refractivity contribution in [2.75, 3.05) is 12.4 Å². The maximum atomic E-state index is 14.1. The summed E-state index contributed by atoms with van der Waals surface area (Å²) in [5.41, 5.74) is -5.01. The lowest BCUT2D eigenvalue weighted by atomic mass is 9.91. The van der Waals surface area contributed by atoms with Gasteiger partial charge in [-0.2, -0.15) is 39.5 Å². The molecule has 5 nitrogen and oxygen atoms in total. The van der Waals surface area contributed by atoms with E-state index >= 15 is 0 Å². The van der Waals surface area contributed by atoms with E-state index in [1.165, 1.54) is 24.3 Å². The van der Waals surface area contributed by atoms with Gasteiger partial charge in [0.2, 0.25) is 0 Å². The SMILES string of the molecule is CNc1c(C(=O)C(F)(F)F)cc(C(=O)C(F)(F)F)c2c1ccc1c(C(F)(F)F)nc(-c3ccc(C)cc3)nc12. The van der Waals surface area contributed by atoms with Gasteiger partial charge >= 0.3 is 18.5 Å². The number of aromatic nitrogens is 2. The van der Waals surface area contributed by atoms with Gasteiger partial charge in [-0.1, -0.05) is 35.9 Å². The molecule has 0 radical (unpaired) electrons. The number of carbonyl (C=O) groups is 2. The Bertz CT molecular complexity index is 1640. The topological polar surface area (TPSA) is 72.0 Å². The summed E-state index contributed by atoms with van der Waals surface area (Å²) in [5.74, 6) is -5.80. The van der Waals surface area contributed by atoms with Crippen LogP contribution in [-0.2, 0) is 6.18 Å². The number of aryl methyl sites for hydroxylation is 1. The fraction of sp³-hybridized carbons (Fsp3) is 0.200. The van der Waals surface area contributed by atoms with E-state index in [0.29, 0.717) is 0 Å². The number of hydrogen-bond donors (Lipinski definition) is 1. The zero-order valence-electron chi connectivity index (χ0n) is 19.7. The van der Waals surface area contributed by atoms with Gasteiger partial charge in [-0.25, -0.2) is 9.97 Å². The lowest BCUT2D eigenvalue weighted by molar-refractivity contribution is -0.139. The molecule has 1 aromatic heterocycles. The molecule has 204 valence electrons. The highest BCUT2D eigenvalue weighted by Crippen LogP contribution is 2.42. The van der Waals surface area contributed by atoms with E-state index in [1.54, 1.807) is 6.92 Å². The van der Waals surface area contributed by atoms with Crippen LogP contribution in [0, 0.1) is 6.92 Å². The highest BCUT2D eigenvalue weighted by molar-refractivity contribution is 6.24. The van der Waals surface area contributed by atoms with Crippen molar-refractivity contribution in [1.29, 1.82) is 0 Å². The first-order valence-electron chi connectivity index (χ1n) is 10.8. The first-order chi connectivity index (χ1) is 17.9. The summed E-state index contributed by atoms with van der Waals surface area (Å²) in [6.45, 7) is 1.69. The van der Waals surface area contributed by atoms with Crippen LogP contribution < -0.4 is 5.32 Å². The van der Waals surface area contributed by atoms with Crippen LogP contribution in [0.3, 0.4) is 0 Å². The second kappa shape index (κ2) is 9.20. The third kappa shape index (κ3) is 4.98. The number of anilines is 1. The van der Waals surface area contributed by atoms with E-state index in [0.717, 1.165) is 24.7 Å². The van der Waals surface area contributed by atoms with Crippen molar-refractivity contribution in [2.24, 2.45) is 0 Å². The van der Waals surface area contributed by atoms with Gasteiger partial charge in [0.05, 0.1) is 16.8 Å². The summed E-state index contributed by atoms with van der Waals surface area (Å²) < 4.78 is 123. The summed E-state index contributed by atoms with van der Waals surface area (Å²) in [6, 6.07) is 7.36. The zero-order valence-corrected chi connectivity index (χ0v) is 19.7. The molecule has 0 aliphatic rings. The molecule has 3 aromatic carbocycles. The fourth-order valence-electron chi connectivity index (χ4n) is 4.09. The first kappa shape index (κ1) is 27.8. The molecule has 4 aromatic rings. The molecule has 1 heterocycles. The van der Waals surface area contributed by atoms with Crippen LogP contribution >= 0.6 is 0 Å². The lowest BCUT2D eigenvalue weighted by Crippen LogP contribution is -2.27. The number of carbonyl (C=O) groups excluding carboxylic acids is 2. The molecule has 0 saturated heterocycles. The summed E-state index contributed by atoms with van der Waals surface area (Å²) in [4.78, 5) is 32.1. The van der Waals surface area contributed by atoms with Gasteiger partial charge in [-0.3, -0.25) is 9.59 Å². The molecule has 0 unspecified atom stereocenters. The van der Waals surface area contributed by atoms with Gasteiger partial charge in [0, 0.05) is 34.3 Å². The number of rotatable bonds is 4. The minimum atomic E-state index is -5.66. The fourth-order valence-corrected chi connectivity index (χ4v) is 4.09. The minimum Gasteiger partial charge on any atom is -0.387 e. The number of benzene rings is 3. The largest absolute Gasteiger partial charge is 0.454 e. The zero-order chi connectivity index (χ0) is 29.1. The van der Waals surface area contributed by atoms with Gasteiger partial charge in [0.1, 0.15) is 0 Å². The third-order valence-electron chi connectivity index (χ3n) is 5.80. The molecule has 0 aliphatic carbocycles. The predicted octanol–water partition coefficient (Wildman–Crippen LogP) is 7.31. The summed E-state index contributed by atoms with van der Waals surface area (Å²) >= 11 is 0. The van der Waals surface area contributed by atoms with Gasteiger partial charge in [-0.15, -0.1) is 0 Å². The van der Waals surface area contributed by atoms with Crippen LogP contribution in [0.1, 0.15) is 32.0 Å². The van der Waals surface area contributed by atoms with Gasteiger partial charge in [-0.05, 0) is 19.1 Å². The smallest absolute Gasteiger partial charge is 0.387 e. The van der Waals surface area contributed by atoms with Crippen molar-refractivity contribution in [3.63, 3.8) is 0 Å². The molecule has 4 rings (SSSR count). The molecule has 14 heteroatoms. The van der Waals surface area contributed by atoms with Crippen LogP contribution in [0.15, 0.2) is 42.5 Å². The number of alkyl halides is 9. The van der Waals surface area contributed by atoms with Gasteiger partial charge in [0.25, 0.3) is 11.6 Å². The number of hydrogen-bond acceptors (Lipinski definition) is 5. The Labute approximate surface area is 212 Å². The van der Waals surface area contributed by atoms with E-state index in [2.05, 4.69) is 15.3 Å². The van der Waals surface area contributed by atoms with Crippen molar-refractivity contribution < 1.29 is 49.1 Å². The van der Waals surface area contributed by atoms with Crippen LogP contribution in [0.25, 0.3) is 33.1 Å². The molecule has 0 atom stereocenters. The normalized spacial score (nSPS) is 12.7. The predicted molar refractivity (Wildman–Crippen MR) is 123 cm³/mol. The van der Waals surface area contributed by atoms with Crippen molar-refractivity contribution in [3.05, 3.63) is 64.8 Å². The van der Waals surface area contributed by atoms with Crippen LogP contribution in [0.2, 0.25) is 0 Å². The molecular formula is C25H14F9N3O2. The summed E-state index contributed by atoms with van der Waals surface area (Å²) in [7, 11) is 1.05. The Morgan fingerprint density at radius 1 is 0.744 bits per heavy atom. The second-order valence-electron chi connectivity index (χ2n) is 8.39. The van der Waals surface area contributed by atoms with Gasteiger partial charge < -0.3 is 5.32 Å². The Morgan fingerprint density at radius 3 is 1.79 bits per heavy atom. The Morgan fingerprint density at radius 2 is 1.28 bits per heavy atom. The Balaban J connectivity index is 2.27. The Kier molecular flexibility index (Phi) is 6.56. The Hall–Kier alpha value is -4.23. The van der Waals surface area contributed by atoms with Crippen LogP contribution in [0.5, 0.6) is 0 Å². The monoisotopic (exact) mass is 559 g/mol. The molecule has 0 fully saturated rings. The number of nitrogens with one attached hydrogen (secondary N) is 1. The molecule has 1 N–H and O–H groups in total. The van der Waals surface area contributed by atoms with E-state index in [-0.39, 0.29) is 11.6 Å². The molecule has 0 spiro atoms. The van der Waals surface area contributed by atoms with E-state index in [4.69, 9.17) is 0 Å². The number of fused-ring (bicyclic) bond motifs is 3. The van der Waals surface area contributed by atoms with Crippen molar-refractivity contribution in [3.8, 4) is 11.4 Å². The molecule has 0 bridgehead atoms. The third-order valence-corrected chi connectivity index (χ3v) is 5.80. The second-order valence-corrected chi connectivity index (χ2v) is 8.39. The first-order valence-corrected chi connectivity index (χ1v) is 10.8. The van der Waals surface area contributed by atoms with E-state index in [9.17, 15) is 49.1 Å². The maximum Gasteiger partial charge on any atom is 0.454 e. The highest BCUT2D eigenvalue weighted by Gasteiger charge is 2.45. The van der Waals surface area contributed by atoms with Crippen LogP contribution in [-0.4, -0.2) is 40.9 Å². The van der Waals surface area contributed by atoms with Crippen molar-refractivity contribution >= 4 is 38.9 Å². The molecule has 0 aliphatic heterocycles.